The third-order valence-electron chi connectivity index (χ3n) is 4.29. The summed E-state index contributed by atoms with van der Waals surface area (Å²) in [4.78, 5) is 26.9. The average molecular weight is 330 g/mol. The third-order valence-corrected chi connectivity index (χ3v) is 5.08. The van der Waals surface area contributed by atoms with Gasteiger partial charge in [-0.05, 0) is 31.7 Å². The number of carbonyl (C=O) groups excluding carboxylic acids is 1. The van der Waals surface area contributed by atoms with Gasteiger partial charge in [0.1, 0.15) is 17.8 Å². The SMILES string of the molecule is O=C(NC1CCN(c2nc(C3CC3)ns2)CC1)c1ccncn1. The number of hydrogen-bond acceptors (Lipinski definition) is 7. The van der Waals surface area contributed by atoms with Crippen LogP contribution in [0.2, 0.25) is 0 Å². The summed E-state index contributed by atoms with van der Waals surface area (Å²) in [6, 6.07) is 1.81. The van der Waals surface area contributed by atoms with E-state index in [4.69, 9.17) is 0 Å². The minimum Gasteiger partial charge on any atom is -0.348 e. The molecule has 23 heavy (non-hydrogen) atoms. The summed E-state index contributed by atoms with van der Waals surface area (Å²) >= 11 is 1.50. The molecule has 1 saturated carbocycles. The van der Waals surface area contributed by atoms with E-state index in [9.17, 15) is 4.79 Å². The first-order valence-corrected chi connectivity index (χ1v) is 8.72. The van der Waals surface area contributed by atoms with Crippen molar-refractivity contribution in [3.05, 3.63) is 30.1 Å². The summed E-state index contributed by atoms with van der Waals surface area (Å²) in [7, 11) is 0. The molecule has 2 aromatic rings. The molecule has 8 heteroatoms. The summed E-state index contributed by atoms with van der Waals surface area (Å²) in [5, 5.41) is 4.07. The Labute approximate surface area is 138 Å². The van der Waals surface area contributed by atoms with Gasteiger partial charge in [0, 0.05) is 42.8 Å². The Kier molecular flexibility index (Phi) is 3.90. The molecule has 1 aliphatic carbocycles. The monoisotopic (exact) mass is 330 g/mol. The number of carbonyl (C=O) groups is 1. The Morgan fingerprint density at radius 2 is 2.09 bits per heavy atom. The van der Waals surface area contributed by atoms with Crippen molar-refractivity contribution in [1.29, 1.82) is 0 Å². The molecule has 0 spiro atoms. The molecule has 2 aromatic heterocycles. The fraction of sp³-hybridized carbons (Fsp3) is 0.533. The van der Waals surface area contributed by atoms with Gasteiger partial charge in [0.25, 0.3) is 5.91 Å². The molecular weight excluding hydrogens is 312 g/mol. The lowest BCUT2D eigenvalue weighted by atomic mass is 10.1. The fourth-order valence-corrected chi connectivity index (χ4v) is 3.56. The van der Waals surface area contributed by atoms with Gasteiger partial charge in [-0.3, -0.25) is 4.79 Å². The summed E-state index contributed by atoms with van der Waals surface area (Å²) in [5.41, 5.74) is 0.417. The number of piperidine rings is 1. The topological polar surface area (TPSA) is 83.9 Å². The van der Waals surface area contributed by atoms with Crippen molar-refractivity contribution in [1.82, 2.24) is 24.6 Å². The van der Waals surface area contributed by atoms with E-state index in [1.807, 2.05) is 0 Å². The van der Waals surface area contributed by atoms with E-state index in [1.54, 1.807) is 12.3 Å². The predicted octanol–water partition coefficient (Wildman–Crippen LogP) is 1.60. The lowest BCUT2D eigenvalue weighted by Gasteiger charge is -2.31. The van der Waals surface area contributed by atoms with E-state index < -0.39 is 0 Å². The highest BCUT2D eigenvalue weighted by atomic mass is 32.1. The zero-order valence-electron chi connectivity index (χ0n) is 12.7. The van der Waals surface area contributed by atoms with Crippen LogP contribution in [0.4, 0.5) is 5.13 Å². The van der Waals surface area contributed by atoms with Gasteiger partial charge >= 0.3 is 0 Å². The molecule has 7 nitrogen and oxygen atoms in total. The largest absolute Gasteiger partial charge is 0.348 e. The standard InChI is InChI=1S/C15H18N6OS/c22-14(12-3-6-16-9-17-12)18-11-4-7-21(8-5-11)15-19-13(20-23-15)10-1-2-10/h3,6,9-11H,1-2,4-5,7-8H2,(H,18,22). The Bertz CT molecular complexity index is 678. The molecule has 0 atom stereocenters. The maximum atomic E-state index is 12.1. The molecule has 1 saturated heterocycles. The Hall–Kier alpha value is -2.09. The summed E-state index contributed by atoms with van der Waals surface area (Å²) in [6.45, 7) is 1.79. The molecule has 0 unspecified atom stereocenters. The Balaban J connectivity index is 1.31. The van der Waals surface area contributed by atoms with E-state index >= 15 is 0 Å². The first-order chi connectivity index (χ1) is 11.3. The smallest absolute Gasteiger partial charge is 0.270 e. The number of aromatic nitrogens is 4. The quantitative estimate of drug-likeness (QED) is 0.917. The van der Waals surface area contributed by atoms with Crippen molar-refractivity contribution in [2.75, 3.05) is 18.0 Å². The molecule has 3 heterocycles. The molecule has 1 aliphatic heterocycles. The minimum atomic E-state index is -0.127. The zero-order chi connectivity index (χ0) is 15.6. The second-order valence-corrected chi connectivity index (χ2v) is 6.77. The van der Waals surface area contributed by atoms with Crippen molar-refractivity contribution in [3.63, 3.8) is 0 Å². The van der Waals surface area contributed by atoms with Crippen LogP contribution in [0.3, 0.4) is 0 Å². The number of anilines is 1. The van der Waals surface area contributed by atoms with Crippen LogP contribution in [-0.4, -0.2) is 44.4 Å². The van der Waals surface area contributed by atoms with E-state index in [0.29, 0.717) is 11.6 Å². The van der Waals surface area contributed by atoms with Crippen molar-refractivity contribution < 1.29 is 4.79 Å². The van der Waals surface area contributed by atoms with Gasteiger partial charge in [0.05, 0.1) is 0 Å². The van der Waals surface area contributed by atoms with Crippen LogP contribution in [-0.2, 0) is 0 Å². The van der Waals surface area contributed by atoms with E-state index in [-0.39, 0.29) is 11.9 Å². The van der Waals surface area contributed by atoms with Gasteiger partial charge in [-0.2, -0.15) is 4.37 Å². The van der Waals surface area contributed by atoms with Gasteiger partial charge < -0.3 is 10.2 Å². The molecule has 1 N–H and O–H groups in total. The molecule has 1 amide bonds. The Morgan fingerprint density at radius 3 is 2.78 bits per heavy atom. The zero-order valence-corrected chi connectivity index (χ0v) is 13.5. The highest BCUT2D eigenvalue weighted by Gasteiger charge is 2.29. The van der Waals surface area contributed by atoms with Gasteiger partial charge in [-0.25, -0.2) is 15.0 Å². The second kappa shape index (κ2) is 6.19. The van der Waals surface area contributed by atoms with Crippen LogP contribution in [0, 0.1) is 0 Å². The lowest BCUT2D eigenvalue weighted by molar-refractivity contribution is 0.0926. The molecule has 0 radical (unpaired) electrons. The third kappa shape index (κ3) is 3.31. The number of amides is 1. The van der Waals surface area contributed by atoms with Gasteiger partial charge in [0.15, 0.2) is 0 Å². The first kappa shape index (κ1) is 14.5. The van der Waals surface area contributed by atoms with Gasteiger partial charge in [-0.1, -0.05) is 0 Å². The van der Waals surface area contributed by atoms with Crippen molar-refractivity contribution in [2.24, 2.45) is 0 Å². The maximum Gasteiger partial charge on any atom is 0.270 e. The van der Waals surface area contributed by atoms with Crippen molar-refractivity contribution in [2.45, 2.75) is 37.6 Å². The van der Waals surface area contributed by atoms with Crippen LogP contribution in [0.25, 0.3) is 0 Å². The van der Waals surface area contributed by atoms with Crippen LogP contribution < -0.4 is 10.2 Å². The highest BCUT2D eigenvalue weighted by Crippen LogP contribution is 2.39. The van der Waals surface area contributed by atoms with Gasteiger partial charge in [-0.15, -0.1) is 0 Å². The average Bonchev–Trinajstić information content (AvgIpc) is 3.34. The van der Waals surface area contributed by atoms with Crippen LogP contribution in [0.1, 0.15) is 47.9 Å². The van der Waals surface area contributed by atoms with Crippen molar-refractivity contribution >= 4 is 22.6 Å². The van der Waals surface area contributed by atoms with Crippen LogP contribution >= 0.6 is 11.5 Å². The molecule has 0 aromatic carbocycles. The summed E-state index contributed by atoms with van der Waals surface area (Å²) < 4.78 is 4.47. The highest BCUT2D eigenvalue weighted by molar-refractivity contribution is 7.09. The first-order valence-electron chi connectivity index (χ1n) is 7.95. The van der Waals surface area contributed by atoms with E-state index in [1.165, 1.54) is 30.7 Å². The number of nitrogens with one attached hydrogen (secondary N) is 1. The lowest BCUT2D eigenvalue weighted by Crippen LogP contribution is -2.44. The van der Waals surface area contributed by atoms with Crippen LogP contribution in [0.15, 0.2) is 18.6 Å². The fourth-order valence-electron chi connectivity index (χ4n) is 2.76. The minimum absolute atomic E-state index is 0.127. The number of rotatable bonds is 4. The normalized spacial score (nSPS) is 18.9. The molecule has 0 bridgehead atoms. The second-order valence-electron chi connectivity index (χ2n) is 6.04. The molecular formula is C15H18N6OS. The molecule has 120 valence electrons. The predicted molar refractivity (Wildman–Crippen MR) is 86.6 cm³/mol. The van der Waals surface area contributed by atoms with E-state index in [0.717, 1.165) is 36.9 Å². The number of hydrogen-bond donors (Lipinski definition) is 1. The molecule has 4 rings (SSSR count). The maximum absolute atomic E-state index is 12.1. The van der Waals surface area contributed by atoms with Crippen molar-refractivity contribution in [3.8, 4) is 0 Å². The van der Waals surface area contributed by atoms with Gasteiger partial charge in [0.2, 0.25) is 5.13 Å². The summed E-state index contributed by atoms with van der Waals surface area (Å²) in [5.74, 6) is 1.49. The Morgan fingerprint density at radius 1 is 1.26 bits per heavy atom. The summed E-state index contributed by atoms with van der Waals surface area (Å²) in [6.07, 6.45) is 7.26. The molecule has 2 aliphatic rings. The van der Waals surface area contributed by atoms with Crippen LogP contribution in [0.5, 0.6) is 0 Å². The molecule has 2 fully saturated rings. The number of nitrogens with zero attached hydrogens (tertiary/aromatic N) is 5. The van der Waals surface area contributed by atoms with E-state index in [2.05, 4.69) is 29.5 Å².